The van der Waals surface area contributed by atoms with Crippen LogP contribution in [0.4, 0.5) is 0 Å². The standard InChI is InChI=1S/C21H29N3O3S2/c1-20(2)15(21(20,3)4)18(26)24-8-5-12(6-9-24)17-23-14(11-29-17)16(25)22-13-7-10-28-19(13)27/h11-13,15H,5-10H2,1-4H3,(H,22,25). The molecule has 8 heteroatoms. The summed E-state index contributed by atoms with van der Waals surface area (Å²) in [6, 6.07) is -0.386. The summed E-state index contributed by atoms with van der Waals surface area (Å²) in [7, 11) is 0. The van der Waals surface area contributed by atoms with Crippen LogP contribution in [0.2, 0.25) is 0 Å². The van der Waals surface area contributed by atoms with Gasteiger partial charge in [-0.3, -0.25) is 14.4 Å². The molecule has 0 aromatic carbocycles. The highest BCUT2D eigenvalue weighted by Crippen LogP contribution is 2.68. The van der Waals surface area contributed by atoms with Gasteiger partial charge in [-0.2, -0.15) is 0 Å². The SMILES string of the molecule is CC1(C)C(C(=O)N2CCC(c3nc(C(=O)NC4CCSC4=O)cs3)CC2)C1(C)C. The lowest BCUT2D eigenvalue weighted by Crippen LogP contribution is -2.40. The van der Waals surface area contributed by atoms with Crippen LogP contribution in [0.25, 0.3) is 0 Å². The highest BCUT2D eigenvalue weighted by molar-refractivity contribution is 8.14. The Morgan fingerprint density at radius 2 is 1.79 bits per heavy atom. The van der Waals surface area contributed by atoms with Crippen LogP contribution in [0.3, 0.4) is 0 Å². The number of hydrogen-bond donors (Lipinski definition) is 1. The number of nitrogens with zero attached hydrogens (tertiary/aromatic N) is 2. The molecule has 0 spiro atoms. The minimum atomic E-state index is -0.386. The van der Waals surface area contributed by atoms with Crippen LogP contribution in [-0.4, -0.2) is 51.7 Å². The summed E-state index contributed by atoms with van der Waals surface area (Å²) in [6.45, 7) is 10.2. The van der Waals surface area contributed by atoms with Crippen molar-refractivity contribution in [2.75, 3.05) is 18.8 Å². The molecule has 3 fully saturated rings. The van der Waals surface area contributed by atoms with Gasteiger partial charge in [0.05, 0.1) is 11.0 Å². The maximum absolute atomic E-state index is 13.0. The van der Waals surface area contributed by atoms with Gasteiger partial charge in [-0.25, -0.2) is 4.98 Å². The number of thioether (sulfide) groups is 1. The molecule has 1 unspecified atom stereocenters. The lowest BCUT2D eigenvalue weighted by molar-refractivity contribution is -0.134. The van der Waals surface area contributed by atoms with Crippen molar-refractivity contribution < 1.29 is 14.4 Å². The van der Waals surface area contributed by atoms with Crippen molar-refractivity contribution in [1.82, 2.24) is 15.2 Å². The first-order valence-corrected chi connectivity index (χ1v) is 12.2. The number of piperidine rings is 1. The maximum atomic E-state index is 13.0. The number of aromatic nitrogens is 1. The number of amides is 2. The summed E-state index contributed by atoms with van der Waals surface area (Å²) < 4.78 is 0. The van der Waals surface area contributed by atoms with Crippen LogP contribution in [0, 0.1) is 16.7 Å². The Labute approximate surface area is 180 Å². The summed E-state index contributed by atoms with van der Waals surface area (Å²) in [4.78, 5) is 43.6. The summed E-state index contributed by atoms with van der Waals surface area (Å²) in [5.74, 6) is 1.18. The van der Waals surface area contributed by atoms with Gasteiger partial charge in [0.25, 0.3) is 5.91 Å². The molecule has 1 aromatic rings. The van der Waals surface area contributed by atoms with Gasteiger partial charge in [-0.1, -0.05) is 39.5 Å². The van der Waals surface area contributed by atoms with Crippen LogP contribution in [0.5, 0.6) is 0 Å². The molecular formula is C21H29N3O3S2. The molecule has 3 heterocycles. The summed E-state index contributed by atoms with van der Waals surface area (Å²) in [6.07, 6.45) is 2.45. The molecule has 1 aliphatic carbocycles. The zero-order chi connectivity index (χ0) is 21.0. The Bertz CT molecular complexity index is 826. The van der Waals surface area contributed by atoms with E-state index in [9.17, 15) is 14.4 Å². The number of likely N-dealkylation sites (tertiary alicyclic amines) is 1. The number of carbonyl (C=O) groups is 3. The second kappa shape index (κ2) is 7.38. The quantitative estimate of drug-likeness (QED) is 0.785. The Morgan fingerprint density at radius 3 is 2.34 bits per heavy atom. The number of rotatable bonds is 4. The molecule has 1 aromatic heterocycles. The van der Waals surface area contributed by atoms with E-state index in [-0.39, 0.29) is 45.6 Å². The topological polar surface area (TPSA) is 79.4 Å². The predicted molar refractivity (Wildman–Crippen MR) is 115 cm³/mol. The molecule has 3 aliphatic rings. The predicted octanol–water partition coefficient (Wildman–Crippen LogP) is 3.29. The fraction of sp³-hybridized carbons (Fsp3) is 0.714. The van der Waals surface area contributed by atoms with E-state index in [4.69, 9.17) is 0 Å². The van der Waals surface area contributed by atoms with Gasteiger partial charge in [0.15, 0.2) is 0 Å². The third-order valence-electron chi connectivity index (χ3n) is 7.42. The normalized spacial score (nSPS) is 26.6. The lowest BCUT2D eigenvalue weighted by Gasteiger charge is -2.31. The molecule has 2 amide bonds. The molecule has 1 atom stereocenters. The molecule has 6 nitrogen and oxygen atoms in total. The first-order chi connectivity index (χ1) is 13.6. The van der Waals surface area contributed by atoms with Crippen LogP contribution >= 0.6 is 23.1 Å². The van der Waals surface area contributed by atoms with Crippen molar-refractivity contribution in [2.24, 2.45) is 16.7 Å². The monoisotopic (exact) mass is 435 g/mol. The second-order valence-corrected chi connectivity index (χ2v) is 11.5. The molecule has 29 heavy (non-hydrogen) atoms. The van der Waals surface area contributed by atoms with Gasteiger partial charge >= 0.3 is 0 Å². The van der Waals surface area contributed by atoms with Gasteiger partial charge in [0, 0.05) is 36.1 Å². The van der Waals surface area contributed by atoms with E-state index in [0.29, 0.717) is 12.1 Å². The van der Waals surface area contributed by atoms with Gasteiger partial charge in [-0.05, 0) is 30.1 Å². The summed E-state index contributed by atoms with van der Waals surface area (Å²) in [5, 5.41) is 5.58. The third kappa shape index (κ3) is 3.63. The number of hydrogen-bond acceptors (Lipinski definition) is 6. The maximum Gasteiger partial charge on any atom is 0.271 e. The van der Waals surface area contributed by atoms with E-state index < -0.39 is 0 Å². The molecule has 2 saturated heterocycles. The van der Waals surface area contributed by atoms with Gasteiger partial charge in [-0.15, -0.1) is 11.3 Å². The Hall–Kier alpha value is -1.41. The highest BCUT2D eigenvalue weighted by Gasteiger charge is 2.68. The average molecular weight is 436 g/mol. The van der Waals surface area contributed by atoms with Crippen LogP contribution < -0.4 is 5.32 Å². The molecule has 1 saturated carbocycles. The van der Waals surface area contributed by atoms with Crippen molar-refractivity contribution in [3.05, 3.63) is 16.1 Å². The van der Waals surface area contributed by atoms with Crippen molar-refractivity contribution in [3.8, 4) is 0 Å². The smallest absolute Gasteiger partial charge is 0.271 e. The fourth-order valence-electron chi connectivity index (χ4n) is 4.78. The van der Waals surface area contributed by atoms with Crippen LogP contribution in [0.1, 0.15) is 68.4 Å². The van der Waals surface area contributed by atoms with Crippen LogP contribution in [-0.2, 0) is 9.59 Å². The van der Waals surface area contributed by atoms with E-state index in [0.717, 1.165) is 36.7 Å². The van der Waals surface area contributed by atoms with E-state index >= 15 is 0 Å². The minimum absolute atomic E-state index is 0.0351. The number of nitrogens with one attached hydrogen (secondary N) is 1. The third-order valence-corrected chi connectivity index (χ3v) is 9.43. The van der Waals surface area contributed by atoms with Crippen molar-refractivity contribution >= 4 is 40.0 Å². The molecule has 0 bridgehead atoms. The molecule has 158 valence electrons. The molecule has 2 aliphatic heterocycles. The van der Waals surface area contributed by atoms with E-state index in [2.05, 4.69) is 38.0 Å². The highest BCUT2D eigenvalue weighted by atomic mass is 32.2. The van der Waals surface area contributed by atoms with E-state index in [1.54, 1.807) is 5.38 Å². The van der Waals surface area contributed by atoms with E-state index in [1.807, 2.05) is 4.90 Å². The van der Waals surface area contributed by atoms with Crippen molar-refractivity contribution in [2.45, 2.75) is 58.9 Å². The minimum Gasteiger partial charge on any atom is -0.342 e. The zero-order valence-electron chi connectivity index (χ0n) is 17.5. The molecule has 4 rings (SSSR count). The number of carbonyl (C=O) groups excluding carboxylic acids is 3. The fourth-order valence-corrected chi connectivity index (χ4v) is 6.69. The Kier molecular flexibility index (Phi) is 5.30. The first kappa shape index (κ1) is 20.8. The number of thiazole rings is 1. The summed E-state index contributed by atoms with van der Waals surface area (Å²) >= 11 is 2.78. The van der Waals surface area contributed by atoms with Crippen molar-refractivity contribution in [3.63, 3.8) is 0 Å². The Balaban J connectivity index is 1.32. The van der Waals surface area contributed by atoms with Crippen LogP contribution in [0.15, 0.2) is 5.38 Å². The molecule has 1 N–H and O–H groups in total. The van der Waals surface area contributed by atoms with Gasteiger partial charge in [0.2, 0.25) is 11.0 Å². The van der Waals surface area contributed by atoms with E-state index in [1.165, 1.54) is 23.1 Å². The average Bonchev–Trinajstić information content (AvgIpc) is 3.14. The molecule has 0 radical (unpaired) electrons. The van der Waals surface area contributed by atoms with Crippen molar-refractivity contribution in [1.29, 1.82) is 0 Å². The summed E-state index contributed by atoms with van der Waals surface area (Å²) in [5.41, 5.74) is 0.532. The first-order valence-electron chi connectivity index (χ1n) is 10.3. The largest absolute Gasteiger partial charge is 0.342 e. The second-order valence-electron chi connectivity index (χ2n) is 9.53. The lowest BCUT2D eigenvalue weighted by atomic mass is 9.96. The van der Waals surface area contributed by atoms with Gasteiger partial charge in [0.1, 0.15) is 5.69 Å². The Morgan fingerprint density at radius 1 is 1.14 bits per heavy atom. The van der Waals surface area contributed by atoms with Gasteiger partial charge < -0.3 is 10.2 Å². The zero-order valence-corrected chi connectivity index (χ0v) is 19.1. The molecular weight excluding hydrogens is 406 g/mol.